The molecule has 1 saturated heterocycles. The van der Waals surface area contributed by atoms with Crippen molar-refractivity contribution in [3.63, 3.8) is 0 Å². The smallest absolute Gasteiger partial charge is 0.243 e. The van der Waals surface area contributed by atoms with E-state index in [0.717, 1.165) is 17.3 Å². The third-order valence-corrected chi connectivity index (χ3v) is 16.1. The van der Waals surface area contributed by atoms with Crippen LogP contribution < -0.4 is 70.8 Å². The fourth-order valence-corrected chi connectivity index (χ4v) is 10.9. The lowest BCUT2D eigenvalue weighted by Gasteiger charge is -2.29. The van der Waals surface area contributed by atoms with Crippen molar-refractivity contribution >= 4 is 87.8 Å². The van der Waals surface area contributed by atoms with Gasteiger partial charge in [0, 0.05) is 45.0 Å². The van der Waals surface area contributed by atoms with E-state index in [1.165, 1.54) is 43.0 Å². The minimum atomic E-state index is -1.82. The molecule has 3 aromatic rings. The molecule has 1 aliphatic heterocycles. The van der Waals surface area contributed by atoms with Crippen molar-refractivity contribution in [3.05, 3.63) is 102 Å². The minimum absolute atomic E-state index is 0.0377. The minimum Gasteiger partial charge on any atom is -0.508 e. The molecule has 4 rings (SSSR count). The highest BCUT2D eigenvalue weighted by Gasteiger charge is 2.40. The van der Waals surface area contributed by atoms with Crippen LogP contribution in [-0.2, 0) is 81.6 Å². The molecule has 0 saturated carbocycles. The summed E-state index contributed by atoms with van der Waals surface area (Å²) < 4.78 is 0. The van der Waals surface area contributed by atoms with E-state index >= 15 is 0 Å². The SMILES string of the molecule is CC(=O)NCCSC(=O)[C@H](CC(C)C)NC(=O)[C@H](CCCN)NC(=O)[C@@H](NC(=O)[C@H](Cc1ccc(O)cc1)NC(=O)[C@H](CCC(N)=O)NC(=O)[C@H](CC(N)=O)NC(=O)[C@H](C)NC(=O)[C@H](Cc1ccccc1)NC(=O)[C@@H]1CCCN1C(=O)[C@H](N)Cc1ccccc1)C(C)C. The number of aromatic hydroxyl groups is 1. The van der Waals surface area contributed by atoms with Crippen LogP contribution in [0.4, 0.5) is 0 Å². The maximum absolute atomic E-state index is 14.5. The van der Waals surface area contributed by atoms with Crippen LogP contribution in [-0.4, -0.2) is 172 Å². The predicted molar refractivity (Wildman–Crippen MR) is 347 cm³/mol. The number of hydrogen-bond donors (Lipinski definition) is 14. The molecule has 3 aromatic carbocycles. The van der Waals surface area contributed by atoms with Crippen LogP contribution in [0, 0.1) is 11.8 Å². The predicted octanol–water partition coefficient (Wildman–Crippen LogP) is -1.39. The Hall–Kier alpha value is -8.96. The topological polar surface area (TPSA) is 458 Å². The Morgan fingerprint density at radius 3 is 1.65 bits per heavy atom. The summed E-state index contributed by atoms with van der Waals surface area (Å²) in [5.41, 5.74) is 25.1. The van der Waals surface area contributed by atoms with Gasteiger partial charge in [0.05, 0.1) is 18.5 Å². The Morgan fingerprint density at radius 2 is 1.09 bits per heavy atom. The van der Waals surface area contributed by atoms with Crippen LogP contribution >= 0.6 is 11.8 Å². The van der Waals surface area contributed by atoms with Crippen molar-refractivity contribution in [1.82, 2.24) is 52.8 Å². The van der Waals surface area contributed by atoms with Crippen molar-refractivity contribution in [3.8, 4) is 5.75 Å². The number of hydrogen-bond acceptors (Lipinski definition) is 17. The fraction of sp³-hybridized carbons (Fsp3) is 0.516. The van der Waals surface area contributed by atoms with Crippen LogP contribution in [0.5, 0.6) is 5.75 Å². The van der Waals surface area contributed by atoms with Gasteiger partial charge in [-0.25, -0.2) is 0 Å². The number of amides is 12. The normalized spacial score (nSPS) is 15.7. The summed E-state index contributed by atoms with van der Waals surface area (Å²) in [6, 6.07) is 9.98. The lowest BCUT2D eigenvalue weighted by atomic mass is 9.99. The van der Waals surface area contributed by atoms with E-state index in [9.17, 15) is 67.4 Å². The highest BCUT2D eigenvalue weighted by molar-refractivity contribution is 8.13. The molecule has 508 valence electrons. The molecule has 0 spiro atoms. The lowest BCUT2D eigenvalue weighted by molar-refractivity contribution is -0.140. The number of primary amides is 2. The number of nitrogens with one attached hydrogen (secondary N) is 9. The second kappa shape index (κ2) is 38.8. The lowest BCUT2D eigenvalue weighted by Crippen LogP contribution is -2.61. The molecule has 0 bridgehead atoms. The highest BCUT2D eigenvalue weighted by Crippen LogP contribution is 2.21. The number of phenols is 1. The van der Waals surface area contributed by atoms with E-state index in [1.54, 1.807) is 44.2 Å². The van der Waals surface area contributed by atoms with Crippen molar-refractivity contribution in [1.29, 1.82) is 0 Å². The van der Waals surface area contributed by atoms with E-state index in [0.29, 0.717) is 17.5 Å². The van der Waals surface area contributed by atoms with Crippen molar-refractivity contribution in [2.24, 2.45) is 34.8 Å². The van der Waals surface area contributed by atoms with Gasteiger partial charge in [0.25, 0.3) is 0 Å². The average molecular weight is 1310 g/mol. The number of carbonyl (C=O) groups excluding carboxylic acids is 13. The molecule has 0 unspecified atom stereocenters. The summed E-state index contributed by atoms with van der Waals surface area (Å²) in [5, 5.41) is 33.1. The average Bonchev–Trinajstić information content (AvgIpc) is 2.14. The van der Waals surface area contributed by atoms with Gasteiger partial charge in [-0.15, -0.1) is 0 Å². The summed E-state index contributed by atoms with van der Waals surface area (Å²) in [6.45, 7) is 10.2. The number of nitrogens with zero attached hydrogens (tertiary/aromatic N) is 1. The molecule has 0 radical (unpaired) electrons. The van der Waals surface area contributed by atoms with Gasteiger partial charge in [-0.3, -0.25) is 62.3 Å². The molecule has 12 amide bonds. The van der Waals surface area contributed by atoms with Crippen LogP contribution in [0.3, 0.4) is 0 Å². The van der Waals surface area contributed by atoms with E-state index in [2.05, 4.69) is 47.9 Å². The van der Waals surface area contributed by atoms with Gasteiger partial charge >= 0.3 is 0 Å². The van der Waals surface area contributed by atoms with Gasteiger partial charge in [-0.1, -0.05) is 112 Å². The second-order valence-electron chi connectivity index (χ2n) is 23.8. The Balaban J connectivity index is 1.54. The van der Waals surface area contributed by atoms with E-state index in [4.69, 9.17) is 22.9 Å². The van der Waals surface area contributed by atoms with Gasteiger partial charge in [0.2, 0.25) is 76.0 Å². The molecule has 28 nitrogen and oxygen atoms in total. The fourth-order valence-electron chi connectivity index (χ4n) is 10.1. The number of rotatable bonds is 38. The molecule has 1 heterocycles. The third-order valence-electron chi connectivity index (χ3n) is 15.1. The van der Waals surface area contributed by atoms with Crippen LogP contribution in [0.2, 0.25) is 0 Å². The molecule has 1 fully saturated rings. The van der Waals surface area contributed by atoms with Crippen LogP contribution in [0.25, 0.3) is 0 Å². The van der Waals surface area contributed by atoms with Gasteiger partial charge in [0.1, 0.15) is 54.1 Å². The molecule has 29 heteroatoms. The summed E-state index contributed by atoms with van der Waals surface area (Å²) in [6.07, 6.45) is -0.634. The first-order chi connectivity index (χ1) is 44.1. The molecule has 10 atom stereocenters. The van der Waals surface area contributed by atoms with E-state index in [1.807, 2.05) is 44.2 Å². The summed E-state index contributed by atoms with van der Waals surface area (Å²) in [7, 11) is 0. The first kappa shape index (κ1) is 76.5. The number of carbonyl (C=O) groups is 13. The molecular weight excluding hydrogens is 1220 g/mol. The zero-order valence-corrected chi connectivity index (χ0v) is 54.4. The Kier molecular flexibility index (Phi) is 31.9. The zero-order chi connectivity index (χ0) is 68.9. The van der Waals surface area contributed by atoms with Crippen molar-refractivity contribution in [2.75, 3.05) is 25.4 Å². The molecule has 93 heavy (non-hydrogen) atoms. The van der Waals surface area contributed by atoms with Gasteiger partial charge in [-0.2, -0.15) is 0 Å². The van der Waals surface area contributed by atoms with Crippen molar-refractivity contribution < 1.29 is 67.4 Å². The Morgan fingerprint density at radius 1 is 0.581 bits per heavy atom. The van der Waals surface area contributed by atoms with E-state index < -0.39 is 151 Å². The van der Waals surface area contributed by atoms with Gasteiger partial charge < -0.3 is 80.8 Å². The standard InChI is InChI=1S/C64H92N14O14S/c1-36(2)31-50(64(92)93-30-28-69-39(6)79)76-56(84)45(19-13-27-65)72-62(90)54(37(3)4)77-60(88)48(34-42-21-23-43(80)24-22-42)74-57(85)46(25-26-52(67)81)71-59(87)49(35-53(68)82)73-55(83)38(5)70-58(86)47(33-41-17-11-8-12-18-41)75-61(89)51-20-14-29-78(51)63(91)44(66)32-40-15-9-7-10-16-40/h7-12,15-18,21-24,36-38,44-51,54,80H,13-14,19-20,25-35,65-66H2,1-6H3,(H2,67,81)(H2,68,82)(H,69,79)(H,70,86)(H,71,87)(H,72,90)(H,73,83)(H,74,85)(H,75,89)(H,76,84)(H,77,88)/t38-,44+,45-,46-,47-,48-,49-,50-,51-,54-/m0/s1. The quantitative estimate of drug-likeness (QED) is 0.0294. The Bertz CT molecular complexity index is 3050. The molecule has 18 N–H and O–H groups in total. The first-order valence-electron chi connectivity index (χ1n) is 31.1. The summed E-state index contributed by atoms with van der Waals surface area (Å²) >= 11 is 0.930. The second-order valence-corrected chi connectivity index (χ2v) is 24.9. The van der Waals surface area contributed by atoms with Gasteiger partial charge in [-0.05, 0) is 99.1 Å². The van der Waals surface area contributed by atoms with Gasteiger partial charge in [0.15, 0.2) is 0 Å². The van der Waals surface area contributed by atoms with Crippen molar-refractivity contribution in [2.45, 2.75) is 173 Å². The van der Waals surface area contributed by atoms with Crippen LogP contribution in [0.15, 0.2) is 84.9 Å². The summed E-state index contributed by atoms with van der Waals surface area (Å²) in [4.78, 5) is 178. The largest absolute Gasteiger partial charge is 0.508 e. The zero-order valence-electron chi connectivity index (χ0n) is 53.5. The number of nitrogens with two attached hydrogens (primary N) is 4. The molecule has 0 aliphatic carbocycles. The third kappa shape index (κ3) is 26.7. The molecular formula is C64H92N14O14S. The number of benzene rings is 3. The van der Waals surface area contributed by atoms with E-state index in [-0.39, 0.29) is 93.0 Å². The maximum atomic E-state index is 14.5. The number of phenolic OH excluding ortho intramolecular Hbond substituents is 1. The maximum Gasteiger partial charge on any atom is 0.243 e. The monoisotopic (exact) mass is 1310 g/mol. The molecule has 0 aromatic heterocycles. The Labute approximate surface area is 545 Å². The molecule has 1 aliphatic rings. The number of thioether (sulfide) groups is 1. The highest BCUT2D eigenvalue weighted by atomic mass is 32.2. The van der Waals surface area contributed by atoms with Crippen LogP contribution in [0.1, 0.15) is 110 Å². The number of likely N-dealkylation sites (tertiary alicyclic amines) is 1. The summed E-state index contributed by atoms with van der Waals surface area (Å²) in [5.74, 6) is -10.5. The first-order valence-corrected chi connectivity index (χ1v) is 32.1.